The van der Waals surface area contributed by atoms with Crippen molar-refractivity contribution in [3.05, 3.63) is 12.7 Å². The molecule has 0 radical (unpaired) electrons. The average molecular weight is 223 g/mol. The number of carbonyl (C=O) groups excluding carboxylic acids is 1. The van der Waals surface area contributed by atoms with E-state index in [1.54, 1.807) is 6.08 Å². The van der Waals surface area contributed by atoms with E-state index in [4.69, 9.17) is 5.11 Å². The molecule has 2 fully saturated rings. The van der Waals surface area contributed by atoms with Crippen molar-refractivity contribution in [1.29, 1.82) is 0 Å². The molecular weight excluding hydrogens is 206 g/mol. The van der Waals surface area contributed by atoms with E-state index in [1.807, 2.05) is 0 Å². The minimum Gasteiger partial charge on any atom is -0.480 e. The smallest absolute Gasteiger partial charge is 0.323 e. The van der Waals surface area contributed by atoms with E-state index in [2.05, 4.69) is 6.58 Å². The maximum atomic E-state index is 12.1. The van der Waals surface area contributed by atoms with Crippen molar-refractivity contribution < 1.29 is 14.7 Å². The molecule has 1 N–H and O–H groups in total. The summed E-state index contributed by atoms with van der Waals surface area (Å²) < 4.78 is 0. The summed E-state index contributed by atoms with van der Waals surface area (Å²) in [6.45, 7) is 3.68. The first-order valence-corrected chi connectivity index (χ1v) is 5.76. The Kier molecular flexibility index (Phi) is 2.99. The second-order valence-electron chi connectivity index (χ2n) is 4.69. The lowest BCUT2D eigenvalue weighted by Gasteiger charge is -2.19. The van der Waals surface area contributed by atoms with Crippen molar-refractivity contribution in [2.75, 3.05) is 13.1 Å². The van der Waals surface area contributed by atoms with Gasteiger partial charge in [-0.3, -0.25) is 9.59 Å². The van der Waals surface area contributed by atoms with Gasteiger partial charge < -0.3 is 10.0 Å². The summed E-state index contributed by atoms with van der Waals surface area (Å²) in [7, 11) is 0. The number of hydrogen-bond acceptors (Lipinski definition) is 2. The Morgan fingerprint density at radius 3 is 2.50 bits per heavy atom. The van der Waals surface area contributed by atoms with E-state index in [1.165, 1.54) is 11.3 Å². The molecule has 2 atom stereocenters. The fourth-order valence-corrected chi connectivity index (χ4v) is 2.95. The predicted molar refractivity (Wildman–Crippen MR) is 58.7 cm³/mol. The van der Waals surface area contributed by atoms with Gasteiger partial charge in [-0.05, 0) is 24.7 Å². The number of carboxylic acid groups (broad SMARTS) is 1. The largest absolute Gasteiger partial charge is 0.480 e. The third-order valence-corrected chi connectivity index (χ3v) is 3.68. The van der Waals surface area contributed by atoms with Crippen LogP contribution in [0.15, 0.2) is 12.7 Å². The van der Waals surface area contributed by atoms with Gasteiger partial charge in [-0.15, -0.1) is 6.58 Å². The Balaban J connectivity index is 1.95. The molecule has 0 aromatic rings. The van der Waals surface area contributed by atoms with Crippen LogP contribution < -0.4 is 0 Å². The van der Waals surface area contributed by atoms with Crippen LogP contribution in [-0.4, -0.2) is 35.0 Å². The van der Waals surface area contributed by atoms with Crippen LogP contribution in [0.3, 0.4) is 0 Å². The van der Waals surface area contributed by atoms with Crippen molar-refractivity contribution in [3.63, 3.8) is 0 Å². The third kappa shape index (κ3) is 1.96. The fourth-order valence-electron chi connectivity index (χ4n) is 2.95. The molecule has 2 aliphatic carbocycles. The van der Waals surface area contributed by atoms with Gasteiger partial charge in [0.2, 0.25) is 5.91 Å². The zero-order chi connectivity index (χ0) is 11.7. The molecule has 0 aliphatic heterocycles. The Morgan fingerprint density at radius 2 is 2.00 bits per heavy atom. The molecule has 2 unspecified atom stereocenters. The van der Waals surface area contributed by atoms with Crippen LogP contribution >= 0.6 is 0 Å². The lowest BCUT2D eigenvalue weighted by atomic mass is 10.1. The van der Waals surface area contributed by atoms with Gasteiger partial charge in [0.1, 0.15) is 6.54 Å². The lowest BCUT2D eigenvalue weighted by Crippen LogP contribution is -2.37. The molecule has 0 aromatic heterocycles. The minimum atomic E-state index is -0.957. The second kappa shape index (κ2) is 4.28. The molecule has 16 heavy (non-hydrogen) atoms. The van der Waals surface area contributed by atoms with Crippen LogP contribution in [0.4, 0.5) is 0 Å². The van der Waals surface area contributed by atoms with Crippen molar-refractivity contribution in [2.45, 2.75) is 19.3 Å². The summed E-state index contributed by atoms with van der Waals surface area (Å²) in [4.78, 5) is 24.1. The molecule has 4 nitrogen and oxygen atoms in total. The van der Waals surface area contributed by atoms with Crippen molar-refractivity contribution >= 4 is 11.9 Å². The standard InChI is InChI=1S/C12H17NO3/c1-2-6-13(7-10(14)15)12(16)11-8-4-3-5-9(8)11/h2,8-9,11H,1,3-7H2,(H,14,15). The van der Waals surface area contributed by atoms with Crippen LogP contribution in [0.25, 0.3) is 0 Å². The first-order chi connectivity index (χ1) is 7.65. The lowest BCUT2D eigenvalue weighted by molar-refractivity contribution is -0.144. The van der Waals surface area contributed by atoms with E-state index in [0.717, 1.165) is 12.8 Å². The van der Waals surface area contributed by atoms with E-state index < -0.39 is 5.97 Å². The van der Waals surface area contributed by atoms with Gasteiger partial charge in [0.25, 0.3) is 0 Å². The number of carboxylic acids is 1. The number of aliphatic carboxylic acids is 1. The first-order valence-electron chi connectivity index (χ1n) is 5.76. The first kappa shape index (κ1) is 11.2. The quantitative estimate of drug-likeness (QED) is 0.711. The van der Waals surface area contributed by atoms with E-state index in [9.17, 15) is 9.59 Å². The predicted octanol–water partition coefficient (Wildman–Crippen LogP) is 1.13. The zero-order valence-electron chi connectivity index (χ0n) is 9.26. The molecule has 2 aliphatic rings. The number of carbonyl (C=O) groups is 2. The highest BCUT2D eigenvalue weighted by Gasteiger charge is 2.57. The molecule has 0 aromatic carbocycles. The molecular formula is C12H17NO3. The van der Waals surface area contributed by atoms with Crippen LogP contribution in [0.5, 0.6) is 0 Å². The summed E-state index contributed by atoms with van der Waals surface area (Å²) in [6, 6.07) is 0. The normalized spacial score (nSPS) is 30.6. The van der Waals surface area contributed by atoms with Gasteiger partial charge >= 0.3 is 5.97 Å². The topological polar surface area (TPSA) is 57.6 Å². The minimum absolute atomic E-state index is 0.0111. The van der Waals surface area contributed by atoms with Crippen molar-refractivity contribution in [3.8, 4) is 0 Å². The summed E-state index contributed by atoms with van der Waals surface area (Å²) >= 11 is 0. The third-order valence-electron chi connectivity index (χ3n) is 3.68. The van der Waals surface area contributed by atoms with E-state index >= 15 is 0 Å². The highest BCUT2D eigenvalue weighted by atomic mass is 16.4. The number of hydrogen-bond donors (Lipinski definition) is 1. The highest BCUT2D eigenvalue weighted by Crippen LogP contribution is 2.58. The molecule has 0 bridgehead atoms. The molecule has 0 heterocycles. The van der Waals surface area contributed by atoms with Crippen LogP contribution in [-0.2, 0) is 9.59 Å². The molecule has 0 spiro atoms. The van der Waals surface area contributed by atoms with Crippen LogP contribution in [0, 0.1) is 17.8 Å². The molecule has 2 saturated carbocycles. The number of nitrogens with zero attached hydrogens (tertiary/aromatic N) is 1. The number of rotatable bonds is 5. The summed E-state index contributed by atoms with van der Waals surface area (Å²) in [6.07, 6.45) is 5.07. The molecule has 1 amide bonds. The Bertz CT molecular complexity index is 316. The number of fused-ring (bicyclic) bond motifs is 1. The van der Waals surface area contributed by atoms with Crippen molar-refractivity contribution in [1.82, 2.24) is 4.90 Å². The molecule has 88 valence electrons. The summed E-state index contributed by atoms with van der Waals surface area (Å²) in [5, 5.41) is 8.74. The van der Waals surface area contributed by atoms with Crippen LogP contribution in [0.2, 0.25) is 0 Å². The Labute approximate surface area is 94.9 Å². The monoisotopic (exact) mass is 223 g/mol. The van der Waals surface area contributed by atoms with Gasteiger partial charge in [0.05, 0.1) is 0 Å². The SMILES string of the molecule is C=CCN(CC(=O)O)C(=O)C1C2CCCC21. The summed E-state index contributed by atoms with van der Waals surface area (Å²) in [5.74, 6) is 0.230. The fraction of sp³-hybridized carbons (Fsp3) is 0.667. The molecule has 4 heteroatoms. The van der Waals surface area contributed by atoms with Gasteiger partial charge in [0, 0.05) is 12.5 Å². The van der Waals surface area contributed by atoms with Gasteiger partial charge in [-0.2, -0.15) is 0 Å². The Morgan fingerprint density at radius 1 is 1.38 bits per heavy atom. The molecule has 0 saturated heterocycles. The highest BCUT2D eigenvalue weighted by molar-refractivity contribution is 5.86. The average Bonchev–Trinajstić information content (AvgIpc) is 2.69. The maximum absolute atomic E-state index is 12.1. The zero-order valence-corrected chi connectivity index (χ0v) is 9.26. The Hall–Kier alpha value is -1.32. The maximum Gasteiger partial charge on any atom is 0.323 e. The number of amides is 1. The second-order valence-corrected chi connectivity index (χ2v) is 4.69. The van der Waals surface area contributed by atoms with Crippen molar-refractivity contribution in [2.24, 2.45) is 17.8 Å². The van der Waals surface area contributed by atoms with Gasteiger partial charge in [0.15, 0.2) is 0 Å². The van der Waals surface area contributed by atoms with Gasteiger partial charge in [-0.1, -0.05) is 12.5 Å². The van der Waals surface area contributed by atoms with Crippen LogP contribution in [0.1, 0.15) is 19.3 Å². The summed E-state index contributed by atoms with van der Waals surface area (Å²) in [5.41, 5.74) is 0. The van der Waals surface area contributed by atoms with E-state index in [-0.39, 0.29) is 18.4 Å². The van der Waals surface area contributed by atoms with E-state index in [0.29, 0.717) is 18.4 Å². The van der Waals surface area contributed by atoms with Gasteiger partial charge in [-0.25, -0.2) is 0 Å². The molecule has 2 rings (SSSR count).